The molecule has 0 saturated carbocycles. The zero-order valence-electron chi connectivity index (χ0n) is 14.3. The predicted octanol–water partition coefficient (Wildman–Crippen LogP) is 3.54. The molecule has 3 aromatic rings. The van der Waals surface area contributed by atoms with Crippen molar-refractivity contribution in [2.24, 2.45) is 0 Å². The minimum Gasteiger partial charge on any atom is -0.497 e. The number of aryl methyl sites for hydroxylation is 1. The largest absolute Gasteiger partial charge is 0.497 e. The maximum Gasteiger partial charge on any atom is 0.257 e. The van der Waals surface area contributed by atoms with E-state index in [-0.39, 0.29) is 11.9 Å². The Balaban J connectivity index is 1.85. The summed E-state index contributed by atoms with van der Waals surface area (Å²) < 4.78 is 10.6. The fourth-order valence-corrected chi connectivity index (χ4v) is 2.60. The molecule has 0 radical (unpaired) electrons. The monoisotopic (exact) mass is 337 g/mol. The van der Waals surface area contributed by atoms with Gasteiger partial charge >= 0.3 is 0 Å². The minimum atomic E-state index is -0.235. The lowest BCUT2D eigenvalue weighted by molar-refractivity contribution is 0.0939. The number of aromatic nitrogens is 2. The standard InChI is InChI=1S/C19H19N3O3/c1-12(15-5-4-6-16(11-15)24-3)21-19(23)17-13(2)22-25-18(17)14-7-9-20-10-8-14/h4-12H,1-3H3,(H,21,23)/t12-/m1/s1. The van der Waals surface area contributed by atoms with Crippen molar-refractivity contribution in [3.63, 3.8) is 0 Å². The van der Waals surface area contributed by atoms with Gasteiger partial charge in [0, 0.05) is 18.0 Å². The highest BCUT2D eigenvalue weighted by Gasteiger charge is 2.23. The van der Waals surface area contributed by atoms with Gasteiger partial charge in [0.2, 0.25) is 0 Å². The highest BCUT2D eigenvalue weighted by molar-refractivity contribution is 6.00. The molecule has 1 atom stereocenters. The fourth-order valence-electron chi connectivity index (χ4n) is 2.60. The lowest BCUT2D eigenvalue weighted by Crippen LogP contribution is -2.27. The Morgan fingerprint density at radius 3 is 2.72 bits per heavy atom. The zero-order valence-corrected chi connectivity index (χ0v) is 14.3. The van der Waals surface area contributed by atoms with Crippen molar-refractivity contribution in [1.82, 2.24) is 15.5 Å². The van der Waals surface area contributed by atoms with E-state index in [0.717, 1.165) is 16.9 Å². The van der Waals surface area contributed by atoms with Gasteiger partial charge in [0.1, 0.15) is 11.3 Å². The molecular formula is C19H19N3O3. The average Bonchev–Trinajstić information content (AvgIpc) is 3.04. The van der Waals surface area contributed by atoms with Crippen LogP contribution in [0.4, 0.5) is 0 Å². The van der Waals surface area contributed by atoms with Crippen molar-refractivity contribution in [2.45, 2.75) is 19.9 Å². The van der Waals surface area contributed by atoms with Crippen molar-refractivity contribution in [3.8, 4) is 17.1 Å². The Bertz CT molecular complexity index is 875. The molecule has 2 aromatic heterocycles. The predicted molar refractivity (Wildman–Crippen MR) is 93.3 cm³/mol. The number of amides is 1. The van der Waals surface area contributed by atoms with E-state index in [0.29, 0.717) is 17.0 Å². The lowest BCUT2D eigenvalue weighted by Gasteiger charge is -2.15. The summed E-state index contributed by atoms with van der Waals surface area (Å²) >= 11 is 0. The van der Waals surface area contributed by atoms with Crippen molar-refractivity contribution in [3.05, 3.63) is 65.6 Å². The topological polar surface area (TPSA) is 77.2 Å². The van der Waals surface area contributed by atoms with Gasteiger partial charge in [0.05, 0.1) is 18.8 Å². The normalized spacial score (nSPS) is 11.8. The van der Waals surface area contributed by atoms with E-state index in [1.54, 1.807) is 38.6 Å². The highest BCUT2D eigenvalue weighted by atomic mass is 16.5. The summed E-state index contributed by atoms with van der Waals surface area (Å²) in [4.78, 5) is 16.8. The molecular weight excluding hydrogens is 318 g/mol. The molecule has 0 aliphatic rings. The number of carbonyl (C=O) groups is 1. The molecule has 3 rings (SSSR count). The van der Waals surface area contributed by atoms with Gasteiger partial charge in [-0.25, -0.2) is 0 Å². The van der Waals surface area contributed by atoms with Crippen LogP contribution in [-0.2, 0) is 0 Å². The van der Waals surface area contributed by atoms with E-state index in [4.69, 9.17) is 9.26 Å². The van der Waals surface area contributed by atoms with E-state index >= 15 is 0 Å². The number of benzene rings is 1. The Kier molecular flexibility index (Phi) is 4.79. The fraction of sp³-hybridized carbons (Fsp3) is 0.211. The first-order valence-corrected chi connectivity index (χ1v) is 7.91. The number of methoxy groups -OCH3 is 1. The number of pyridine rings is 1. The third kappa shape index (κ3) is 3.52. The van der Waals surface area contributed by atoms with Gasteiger partial charge < -0.3 is 14.6 Å². The molecule has 128 valence electrons. The lowest BCUT2D eigenvalue weighted by atomic mass is 10.1. The van der Waals surface area contributed by atoms with E-state index in [1.165, 1.54) is 0 Å². The molecule has 2 heterocycles. The SMILES string of the molecule is COc1cccc([C@@H](C)NC(=O)c2c(C)noc2-c2ccncc2)c1. The maximum absolute atomic E-state index is 12.8. The molecule has 25 heavy (non-hydrogen) atoms. The van der Waals surface area contributed by atoms with Gasteiger partial charge in [-0.2, -0.15) is 0 Å². The molecule has 0 bridgehead atoms. The van der Waals surface area contributed by atoms with Gasteiger partial charge in [0.15, 0.2) is 5.76 Å². The van der Waals surface area contributed by atoms with E-state index < -0.39 is 0 Å². The second kappa shape index (κ2) is 7.17. The highest BCUT2D eigenvalue weighted by Crippen LogP contribution is 2.26. The van der Waals surface area contributed by atoms with Gasteiger partial charge in [0.25, 0.3) is 5.91 Å². The first-order valence-electron chi connectivity index (χ1n) is 7.91. The summed E-state index contributed by atoms with van der Waals surface area (Å²) in [6.07, 6.45) is 3.29. The van der Waals surface area contributed by atoms with E-state index in [2.05, 4.69) is 15.5 Å². The van der Waals surface area contributed by atoms with Crippen molar-refractivity contribution in [1.29, 1.82) is 0 Å². The van der Waals surface area contributed by atoms with Crippen LogP contribution in [0.5, 0.6) is 5.75 Å². The summed E-state index contributed by atoms with van der Waals surface area (Å²) in [5.41, 5.74) is 2.69. The Morgan fingerprint density at radius 1 is 1.24 bits per heavy atom. The third-order valence-corrected chi connectivity index (χ3v) is 3.97. The van der Waals surface area contributed by atoms with Crippen molar-refractivity contribution >= 4 is 5.91 Å². The van der Waals surface area contributed by atoms with Crippen LogP contribution in [0.1, 0.15) is 34.6 Å². The second-order valence-electron chi connectivity index (χ2n) is 5.68. The molecule has 6 nitrogen and oxygen atoms in total. The summed E-state index contributed by atoms with van der Waals surface area (Å²) in [6, 6.07) is 11.0. The van der Waals surface area contributed by atoms with Gasteiger partial charge in [-0.3, -0.25) is 9.78 Å². The van der Waals surface area contributed by atoms with Crippen LogP contribution in [0.15, 0.2) is 53.3 Å². The maximum atomic E-state index is 12.8. The number of nitrogens with zero attached hydrogens (tertiary/aromatic N) is 2. The molecule has 1 aromatic carbocycles. The summed E-state index contributed by atoms with van der Waals surface area (Å²) in [5.74, 6) is 0.952. The Morgan fingerprint density at radius 2 is 2.00 bits per heavy atom. The first-order chi connectivity index (χ1) is 12.1. The Hall–Kier alpha value is -3.15. The number of hydrogen-bond acceptors (Lipinski definition) is 5. The van der Waals surface area contributed by atoms with Crippen LogP contribution < -0.4 is 10.1 Å². The van der Waals surface area contributed by atoms with E-state index in [9.17, 15) is 4.79 Å². The number of rotatable bonds is 5. The van der Waals surface area contributed by atoms with Crippen LogP contribution in [0.3, 0.4) is 0 Å². The zero-order chi connectivity index (χ0) is 17.8. The third-order valence-electron chi connectivity index (χ3n) is 3.97. The van der Waals surface area contributed by atoms with Gasteiger partial charge in [-0.15, -0.1) is 0 Å². The number of carbonyl (C=O) groups excluding carboxylic acids is 1. The minimum absolute atomic E-state index is 0.192. The van der Waals surface area contributed by atoms with Crippen molar-refractivity contribution < 1.29 is 14.1 Å². The quantitative estimate of drug-likeness (QED) is 0.770. The summed E-state index contributed by atoms with van der Waals surface area (Å²) in [5, 5.41) is 6.94. The smallest absolute Gasteiger partial charge is 0.257 e. The van der Waals surface area contributed by atoms with Crippen LogP contribution in [-0.4, -0.2) is 23.2 Å². The van der Waals surface area contributed by atoms with Crippen LogP contribution in [0.2, 0.25) is 0 Å². The average molecular weight is 337 g/mol. The molecule has 0 aliphatic heterocycles. The molecule has 0 fully saturated rings. The molecule has 1 amide bonds. The molecule has 0 saturated heterocycles. The molecule has 0 aliphatic carbocycles. The molecule has 0 unspecified atom stereocenters. The first kappa shape index (κ1) is 16.7. The second-order valence-corrected chi connectivity index (χ2v) is 5.68. The molecule has 6 heteroatoms. The van der Waals surface area contributed by atoms with Gasteiger partial charge in [-0.05, 0) is 43.7 Å². The van der Waals surface area contributed by atoms with Gasteiger partial charge in [-0.1, -0.05) is 17.3 Å². The number of ether oxygens (including phenoxy) is 1. The summed E-state index contributed by atoms with van der Waals surface area (Å²) in [7, 11) is 1.61. The van der Waals surface area contributed by atoms with E-state index in [1.807, 2.05) is 31.2 Å². The van der Waals surface area contributed by atoms with Crippen LogP contribution >= 0.6 is 0 Å². The van der Waals surface area contributed by atoms with Crippen LogP contribution in [0.25, 0.3) is 11.3 Å². The van der Waals surface area contributed by atoms with Crippen molar-refractivity contribution in [2.75, 3.05) is 7.11 Å². The van der Waals surface area contributed by atoms with Crippen LogP contribution in [0, 0.1) is 6.92 Å². The number of hydrogen-bond donors (Lipinski definition) is 1. The Labute approximate surface area is 145 Å². The number of nitrogens with one attached hydrogen (secondary N) is 1. The molecule has 0 spiro atoms. The summed E-state index contributed by atoms with van der Waals surface area (Å²) in [6.45, 7) is 3.67. The molecule has 1 N–H and O–H groups in total.